The second-order valence-corrected chi connectivity index (χ2v) is 5.52. The lowest BCUT2D eigenvalue weighted by atomic mass is 10.1. The van der Waals surface area contributed by atoms with Gasteiger partial charge in [0.25, 0.3) is 0 Å². The van der Waals surface area contributed by atoms with E-state index in [9.17, 15) is 8.42 Å². The molecular formula is C12H13NO4S. The number of benzene rings is 1. The molecule has 1 aromatic heterocycles. The van der Waals surface area contributed by atoms with Crippen LogP contribution in [0.2, 0.25) is 0 Å². The number of hydrogen-bond acceptors (Lipinski definition) is 4. The number of anilines is 1. The van der Waals surface area contributed by atoms with Gasteiger partial charge in [0, 0.05) is 5.56 Å². The fraction of sp³-hybridized carbons (Fsp3) is 0.167. The predicted molar refractivity (Wildman–Crippen MR) is 69.2 cm³/mol. The largest absolute Gasteiger partial charge is 0.495 e. The number of hydrogen-bond donors (Lipinski definition) is 1. The Morgan fingerprint density at radius 1 is 1.28 bits per heavy atom. The molecule has 0 spiro atoms. The van der Waals surface area contributed by atoms with Crippen LogP contribution >= 0.6 is 0 Å². The van der Waals surface area contributed by atoms with Crippen LogP contribution in [-0.2, 0) is 10.0 Å². The third kappa shape index (κ3) is 2.84. The van der Waals surface area contributed by atoms with Crippen molar-refractivity contribution >= 4 is 15.7 Å². The second-order valence-electron chi connectivity index (χ2n) is 3.77. The predicted octanol–water partition coefficient (Wildman–Crippen LogP) is 2.33. The molecule has 5 nitrogen and oxygen atoms in total. The summed E-state index contributed by atoms with van der Waals surface area (Å²) in [4.78, 5) is 0. The lowest BCUT2D eigenvalue weighted by Crippen LogP contribution is -2.10. The molecule has 2 rings (SSSR count). The zero-order valence-corrected chi connectivity index (χ0v) is 10.8. The third-order valence-corrected chi connectivity index (χ3v) is 2.89. The Balaban J connectivity index is 2.41. The molecule has 0 amide bonds. The van der Waals surface area contributed by atoms with E-state index in [0.29, 0.717) is 17.2 Å². The Morgan fingerprint density at radius 2 is 2.06 bits per heavy atom. The first-order chi connectivity index (χ1) is 8.49. The van der Waals surface area contributed by atoms with E-state index in [1.165, 1.54) is 7.11 Å². The van der Waals surface area contributed by atoms with Gasteiger partial charge in [-0.2, -0.15) is 0 Å². The first-order valence-electron chi connectivity index (χ1n) is 5.19. The lowest BCUT2D eigenvalue weighted by Gasteiger charge is -2.10. The minimum absolute atomic E-state index is 0.398. The van der Waals surface area contributed by atoms with E-state index in [-0.39, 0.29) is 0 Å². The van der Waals surface area contributed by atoms with Crippen molar-refractivity contribution in [3.8, 4) is 17.1 Å². The first kappa shape index (κ1) is 12.5. The van der Waals surface area contributed by atoms with Crippen LogP contribution in [0.1, 0.15) is 0 Å². The van der Waals surface area contributed by atoms with Crippen LogP contribution in [0.15, 0.2) is 41.0 Å². The molecule has 96 valence electrons. The van der Waals surface area contributed by atoms with Gasteiger partial charge in [0.15, 0.2) is 0 Å². The monoisotopic (exact) mass is 267 g/mol. The summed E-state index contributed by atoms with van der Waals surface area (Å²) in [5.41, 5.74) is 1.21. The second kappa shape index (κ2) is 4.73. The number of ether oxygens (including phenoxy) is 1. The van der Waals surface area contributed by atoms with Crippen molar-refractivity contribution in [3.63, 3.8) is 0 Å². The fourth-order valence-electron chi connectivity index (χ4n) is 1.57. The van der Waals surface area contributed by atoms with E-state index in [4.69, 9.17) is 9.15 Å². The molecule has 0 bridgehead atoms. The minimum atomic E-state index is -3.33. The number of furan rings is 1. The van der Waals surface area contributed by atoms with Crippen molar-refractivity contribution in [2.75, 3.05) is 18.1 Å². The summed E-state index contributed by atoms with van der Waals surface area (Å²) < 4.78 is 35.2. The summed E-state index contributed by atoms with van der Waals surface area (Å²) in [6.07, 6.45) is 2.66. The van der Waals surface area contributed by atoms with Crippen LogP contribution in [0.4, 0.5) is 5.69 Å². The van der Waals surface area contributed by atoms with Gasteiger partial charge in [-0.3, -0.25) is 4.72 Å². The molecule has 0 saturated carbocycles. The van der Waals surface area contributed by atoms with Gasteiger partial charge < -0.3 is 9.15 Å². The highest BCUT2D eigenvalue weighted by Gasteiger charge is 2.10. The van der Waals surface area contributed by atoms with E-state index in [1.54, 1.807) is 30.5 Å². The van der Waals surface area contributed by atoms with Crippen molar-refractivity contribution < 1.29 is 17.6 Å². The van der Waals surface area contributed by atoms with Gasteiger partial charge in [0.1, 0.15) is 11.5 Å². The topological polar surface area (TPSA) is 68.5 Å². The van der Waals surface area contributed by atoms with Crippen LogP contribution in [0.5, 0.6) is 5.75 Å². The summed E-state index contributed by atoms with van der Waals surface area (Å²) in [5.74, 6) is 1.13. The highest BCUT2D eigenvalue weighted by atomic mass is 32.2. The first-order valence-corrected chi connectivity index (χ1v) is 7.08. The van der Waals surface area contributed by atoms with Crippen LogP contribution in [0, 0.1) is 0 Å². The van der Waals surface area contributed by atoms with E-state index < -0.39 is 10.0 Å². The van der Waals surface area contributed by atoms with Crippen LogP contribution in [0.25, 0.3) is 11.3 Å². The molecule has 0 aliphatic rings. The summed E-state index contributed by atoms with van der Waals surface area (Å²) in [6.45, 7) is 0. The highest BCUT2D eigenvalue weighted by molar-refractivity contribution is 7.92. The molecule has 1 heterocycles. The third-order valence-electron chi connectivity index (χ3n) is 2.30. The van der Waals surface area contributed by atoms with Gasteiger partial charge in [0.05, 0.1) is 25.3 Å². The van der Waals surface area contributed by atoms with Crippen molar-refractivity contribution in [1.29, 1.82) is 0 Å². The normalized spacial score (nSPS) is 11.2. The molecule has 0 fully saturated rings. The van der Waals surface area contributed by atoms with Crippen LogP contribution in [-0.4, -0.2) is 21.8 Å². The molecule has 18 heavy (non-hydrogen) atoms. The van der Waals surface area contributed by atoms with Crippen molar-refractivity contribution in [2.45, 2.75) is 0 Å². The van der Waals surface area contributed by atoms with Crippen LogP contribution < -0.4 is 9.46 Å². The molecule has 1 aromatic carbocycles. The SMILES string of the molecule is COc1cc(-c2ccco2)ccc1NS(C)(=O)=O. The zero-order valence-electron chi connectivity index (χ0n) is 10.0. The molecule has 0 atom stereocenters. The van der Waals surface area contributed by atoms with Gasteiger partial charge in [-0.05, 0) is 30.3 Å². The summed E-state index contributed by atoms with van der Waals surface area (Å²) >= 11 is 0. The van der Waals surface area contributed by atoms with E-state index >= 15 is 0 Å². The lowest BCUT2D eigenvalue weighted by molar-refractivity contribution is 0.417. The molecule has 0 aliphatic heterocycles. The molecule has 0 unspecified atom stereocenters. The maximum Gasteiger partial charge on any atom is 0.229 e. The molecule has 1 N–H and O–H groups in total. The molecule has 6 heteroatoms. The van der Waals surface area contributed by atoms with Crippen molar-refractivity contribution in [3.05, 3.63) is 36.6 Å². The van der Waals surface area contributed by atoms with E-state index in [2.05, 4.69) is 4.72 Å². The smallest absolute Gasteiger partial charge is 0.229 e. The molecular weight excluding hydrogens is 254 g/mol. The Morgan fingerprint density at radius 3 is 2.61 bits per heavy atom. The Bertz CT molecular complexity index is 632. The number of rotatable bonds is 4. The molecule has 2 aromatic rings. The van der Waals surface area contributed by atoms with Crippen molar-refractivity contribution in [1.82, 2.24) is 0 Å². The number of nitrogens with one attached hydrogen (secondary N) is 1. The summed E-state index contributed by atoms with van der Waals surface area (Å²) in [6, 6.07) is 8.71. The minimum Gasteiger partial charge on any atom is -0.495 e. The summed E-state index contributed by atoms with van der Waals surface area (Å²) in [7, 11) is -1.85. The Hall–Kier alpha value is -1.95. The van der Waals surface area contributed by atoms with E-state index in [1.807, 2.05) is 6.07 Å². The van der Waals surface area contributed by atoms with Gasteiger partial charge in [-0.1, -0.05) is 0 Å². The standard InChI is InChI=1S/C12H13NO4S/c1-16-12-8-9(11-4-3-7-17-11)5-6-10(12)13-18(2,14)15/h3-8,13H,1-2H3. The maximum absolute atomic E-state index is 11.2. The Kier molecular flexibility index (Phi) is 3.29. The average molecular weight is 267 g/mol. The maximum atomic E-state index is 11.2. The Labute approximate surface area is 105 Å². The molecule has 0 aliphatic carbocycles. The van der Waals surface area contributed by atoms with Gasteiger partial charge in [-0.25, -0.2) is 8.42 Å². The quantitative estimate of drug-likeness (QED) is 0.923. The van der Waals surface area contributed by atoms with Crippen molar-refractivity contribution in [2.24, 2.45) is 0 Å². The number of methoxy groups -OCH3 is 1. The highest BCUT2D eigenvalue weighted by Crippen LogP contribution is 2.31. The average Bonchev–Trinajstić information content (AvgIpc) is 2.81. The zero-order chi connectivity index (χ0) is 13.2. The van der Waals surface area contributed by atoms with Gasteiger partial charge in [0.2, 0.25) is 10.0 Å². The van der Waals surface area contributed by atoms with E-state index in [0.717, 1.165) is 11.8 Å². The van der Waals surface area contributed by atoms with Gasteiger partial charge in [-0.15, -0.1) is 0 Å². The van der Waals surface area contributed by atoms with Crippen LogP contribution in [0.3, 0.4) is 0 Å². The summed E-state index contributed by atoms with van der Waals surface area (Å²) in [5, 5.41) is 0. The van der Waals surface area contributed by atoms with Gasteiger partial charge >= 0.3 is 0 Å². The molecule has 0 radical (unpaired) electrons. The fourth-order valence-corrected chi connectivity index (χ4v) is 2.14. The molecule has 0 saturated heterocycles. The number of sulfonamides is 1.